The molecular formula is C26H28Cl2N4O4S. The van der Waals surface area contributed by atoms with Crippen molar-refractivity contribution in [3.05, 3.63) is 101 Å². The summed E-state index contributed by atoms with van der Waals surface area (Å²) in [6, 6.07) is 21.6. The number of fused-ring (bicyclic) bond motifs is 1. The molecule has 37 heavy (non-hydrogen) atoms. The number of rotatable bonds is 11. The van der Waals surface area contributed by atoms with Crippen LogP contribution in [-0.4, -0.2) is 38.0 Å². The Labute approximate surface area is 228 Å². The van der Waals surface area contributed by atoms with E-state index in [1.807, 2.05) is 36.4 Å². The monoisotopic (exact) mass is 562 g/mol. The number of benzene rings is 3. The molecule has 1 aromatic heterocycles. The molecule has 0 bridgehead atoms. The van der Waals surface area contributed by atoms with E-state index < -0.39 is 14.9 Å². The van der Waals surface area contributed by atoms with Crippen LogP contribution in [0.15, 0.2) is 90.1 Å². The Morgan fingerprint density at radius 3 is 2.30 bits per heavy atom. The third-order valence-electron chi connectivity index (χ3n) is 5.67. The minimum absolute atomic E-state index is 0. The number of hydrogen-bond acceptors (Lipinski definition) is 6. The highest BCUT2D eigenvalue weighted by Gasteiger charge is 2.18. The lowest BCUT2D eigenvalue weighted by Crippen LogP contribution is -2.32. The van der Waals surface area contributed by atoms with Gasteiger partial charge < -0.3 is 5.32 Å². The highest BCUT2D eigenvalue weighted by Crippen LogP contribution is 2.30. The van der Waals surface area contributed by atoms with Gasteiger partial charge in [0.05, 0.1) is 9.82 Å². The molecule has 11 heteroatoms. The Kier molecular flexibility index (Phi) is 11.4. The zero-order valence-corrected chi connectivity index (χ0v) is 22.3. The summed E-state index contributed by atoms with van der Waals surface area (Å²) in [7, 11) is -3.74. The fourth-order valence-corrected chi connectivity index (χ4v) is 5.16. The first kappa shape index (κ1) is 30.1. The van der Waals surface area contributed by atoms with Gasteiger partial charge in [0.2, 0.25) is 10.0 Å². The molecule has 4 rings (SSSR count). The number of nitrogens with zero attached hydrogens (tertiary/aromatic N) is 2. The highest BCUT2D eigenvalue weighted by molar-refractivity contribution is 7.89. The Morgan fingerprint density at radius 2 is 1.59 bits per heavy atom. The lowest BCUT2D eigenvalue weighted by atomic mass is 10.0. The second kappa shape index (κ2) is 14.0. The van der Waals surface area contributed by atoms with Crippen molar-refractivity contribution in [2.45, 2.75) is 17.7 Å². The first-order chi connectivity index (χ1) is 16.9. The van der Waals surface area contributed by atoms with Crippen LogP contribution in [0.2, 0.25) is 0 Å². The highest BCUT2D eigenvalue weighted by atomic mass is 35.5. The second-order valence-electron chi connectivity index (χ2n) is 8.11. The summed E-state index contributed by atoms with van der Waals surface area (Å²) in [6.45, 7) is 1.44. The molecule has 0 radical (unpaired) electrons. The minimum atomic E-state index is -3.74. The van der Waals surface area contributed by atoms with Crippen molar-refractivity contribution in [1.82, 2.24) is 15.0 Å². The summed E-state index contributed by atoms with van der Waals surface area (Å²) < 4.78 is 29.0. The van der Waals surface area contributed by atoms with E-state index in [2.05, 4.69) is 15.0 Å². The molecule has 0 amide bonds. The third-order valence-corrected chi connectivity index (χ3v) is 7.17. The van der Waals surface area contributed by atoms with Crippen LogP contribution < -0.4 is 10.0 Å². The van der Waals surface area contributed by atoms with E-state index in [0.29, 0.717) is 18.5 Å². The number of nitro groups is 1. The van der Waals surface area contributed by atoms with Crippen LogP contribution in [0.5, 0.6) is 0 Å². The first-order valence-corrected chi connectivity index (χ1v) is 12.8. The van der Waals surface area contributed by atoms with Crippen molar-refractivity contribution in [3.63, 3.8) is 0 Å². The summed E-state index contributed by atoms with van der Waals surface area (Å²) >= 11 is 0. The molecule has 0 fully saturated rings. The molecule has 1 heterocycles. The van der Waals surface area contributed by atoms with Gasteiger partial charge in [0.25, 0.3) is 5.69 Å². The number of hydrogen-bond donors (Lipinski definition) is 2. The fourth-order valence-electron chi connectivity index (χ4n) is 3.87. The molecule has 4 aromatic rings. The van der Waals surface area contributed by atoms with Crippen molar-refractivity contribution in [2.75, 3.05) is 19.6 Å². The lowest BCUT2D eigenvalue weighted by Gasteiger charge is -2.13. The van der Waals surface area contributed by atoms with Crippen LogP contribution in [0.4, 0.5) is 5.69 Å². The van der Waals surface area contributed by atoms with Crippen LogP contribution in [0.3, 0.4) is 0 Å². The molecule has 2 N–H and O–H groups in total. The van der Waals surface area contributed by atoms with Gasteiger partial charge in [0.15, 0.2) is 0 Å². The van der Waals surface area contributed by atoms with Crippen LogP contribution in [-0.2, 0) is 16.4 Å². The number of halogens is 2. The van der Waals surface area contributed by atoms with E-state index in [1.165, 1.54) is 12.1 Å². The smallest absolute Gasteiger partial charge is 0.269 e. The molecule has 0 unspecified atom stereocenters. The largest absolute Gasteiger partial charge is 0.315 e. The van der Waals surface area contributed by atoms with Crippen LogP contribution >= 0.6 is 24.8 Å². The molecule has 0 saturated carbocycles. The van der Waals surface area contributed by atoms with E-state index in [-0.39, 0.29) is 41.9 Å². The average molecular weight is 564 g/mol. The van der Waals surface area contributed by atoms with Crippen LogP contribution in [0.25, 0.3) is 21.9 Å². The number of aryl methyl sites for hydroxylation is 1. The van der Waals surface area contributed by atoms with E-state index in [9.17, 15) is 18.5 Å². The normalized spacial score (nSPS) is 10.9. The van der Waals surface area contributed by atoms with Crippen molar-refractivity contribution < 1.29 is 13.3 Å². The molecule has 0 atom stereocenters. The molecular weight excluding hydrogens is 535 g/mol. The fraction of sp³-hybridized carbons (Fsp3) is 0.192. The lowest BCUT2D eigenvalue weighted by molar-refractivity contribution is -0.384. The average Bonchev–Trinajstić information content (AvgIpc) is 2.88. The van der Waals surface area contributed by atoms with Gasteiger partial charge in [-0.3, -0.25) is 15.1 Å². The molecule has 0 aliphatic carbocycles. The Morgan fingerprint density at radius 1 is 0.865 bits per heavy atom. The van der Waals surface area contributed by atoms with Gasteiger partial charge in [-0.2, -0.15) is 0 Å². The minimum Gasteiger partial charge on any atom is -0.315 e. The van der Waals surface area contributed by atoms with Gasteiger partial charge in [0.1, 0.15) is 0 Å². The quantitative estimate of drug-likeness (QED) is 0.148. The number of aromatic nitrogens is 1. The summed E-state index contributed by atoms with van der Waals surface area (Å²) in [5.41, 5.74) is 2.86. The predicted molar refractivity (Wildman–Crippen MR) is 151 cm³/mol. The predicted octanol–water partition coefficient (Wildman–Crippen LogP) is 5.15. The van der Waals surface area contributed by atoms with Gasteiger partial charge in [-0.25, -0.2) is 13.1 Å². The van der Waals surface area contributed by atoms with Gasteiger partial charge in [-0.15, -0.1) is 24.8 Å². The first-order valence-electron chi connectivity index (χ1n) is 11.3. The van der Waals surface area contributed by atoms with Gasteiger partial charge in [-0.05, 0) is 54.3 Å². The number of nitro benzene ring substituents is 1. The number of pyridine rings is 1. The molecule has 196 valence electrons. The van der Waals surface area contributed by atoms with Gasteiger partial charge in [-0.1, -0.05) is 42.5 Å². The maximum atomic E-state index is 13.2. The summed E-state index contributed by atoms with van der Waals surface area (Å²) in [5, 5.41) is 15.4. The van der Waals surface area contributed by atoms with Crippen molar-refractivity contribution in [1.29, 1.82) is 0 Å². The molecule has 8 nitrogen and oxygen atoms in total. The summed E-state index contributed by atoms with van der Waals surface area (Å²) in [6.07, 6.45) is 4.88. The Bertz CT molecular complexity index is 1420. The SMILES string of the molecule is Cl.Cl.O=[N+]([O-])c1ccc(CCCNCCNS(=O)(=O)c2cc(-c3ccccc3)cc3cnccc23)cc1. The van der Waals surface area contributed by atoms with E-state index >= 15 is 0 Å². The zero-order valence-electron chi connectivity index (χ0n) is 19.9. The third kappa shape index (κ3) is 7.95. The molecule has 0 aliphatic heterocycles. The molecule has 0 spiro atoms. The molecule has 0 saturated heterocycles. The molecule has 0 aliphatic rings. The van der Waals surface area contributed by atoms with Gasteiger partial charge >= 0.3 is 0 Å². The van der Waals surface area contributed by atoms with E-state index in [0.717, 1.165) is 34.9 Å². The number of nitrogens with one attached hydrogen (secondary N) is 2. The maximum absolute atomic E-state index is 13.2. The van der Waals surface area contributed by atoms with Crippen LogP contribution in [0, 0.1) is 10.1 Å². The second-order valence-corrected chi connectivity index (χ2v) is 9.85. The van der Waals surface area contributed by atoms with Crippen molar-refractivity contribution in [2.24, 2.45) is 0 Å². The maximum Gasteiger partial charge on any atom is 0.269 e. The number of sulfonamides is 1. The van der Waals surface area contributed by atoms with Crippen molar-refractivity contribution in [3.8, 4) is 11.1 Å². The van der Waals surface area contributed by atoms with E-state index in [4.69, 9.17) is 0 Å². The standard InChI is InChI=1S/C26H26N4O4S.2ClH/c31-30(32)24-10-8-20(9-11-24)5-4-13-27-15-16-29-35(33,34)26-18-22(21-6-2-1-3-7-21)17-23-19-28-14-12-25(23)26;;/h1-3,6-12,14,17-19,27,29H,4-5,13,15-16H2;2*1H. The topological polar surface area (TPSA) is 114 Å². The number of non-ortho nitro benzene ring substituents is 1. The summed E-state index contributed by atoms with van der Waals surface area (Å²) in [5.74, 6) is 0. The summed E-state index contributed by atoms with van der Waals surface area (Å²) in [4.78, 5) is 14.7. The van der Waals surface area contributed by atoms with Crippen LogP contribution in [0.1, 0.15) is 12.0 Å². The van der Waals surface area contributed by atoms with Gasteiger partial charge in [0, 0.05) is 48.4 Å². The Hall–Kier alpha value is -3.08. The Balaban J connectivity index is 0.00000241. The molecule has 3 aromatic carbocycles. The zero-order chi connectivity index (χ0) is 24.7. The van der Waals surface area contributed by atoms with Crippen molar-refractivity contribution >= 4 is 51.3 Å². The van der Waals surface area contributed by atoms with E-state index in [1.54, 1.807) is 36.7 Å².